The van der Waals surface area contributed by atoms with Gasteiger partial charge in [-0.1, -0.05) is 0 Å². The highest BCUT2D eigenvalue weighted by atomic mass is 16.8. The fourth-order valence-corrected chi connectivity index (χ4v) is 2.19. The molecule has 2 heterocycles. The van der Waals surface area contributed by atoms with Gasteiger partial charge >= 0.3 is 0 Å². The van der Waals surface area contributed by atoms with Crippen molar-refractivity contribution in [3.05, 3.63) is 0 Å². The van der Waals surface area contributed by atoms with Crippen molar-refractivity contribution in [3.63, 3.8) is 0 Å². The number of aliphatic hydroxyl groups excluding tert-OH is 2. The van der Waals surface area contributed by atoms with Crippen LogP contribution in [0, 0.1) is 0 Å². The molecule has 0 radical (unpaired) electrons. The summed E-state index contributed by atoms with van der Waals surface area (Å²) < 4.78 is 21.9. The predicted molar refractivity (Wildman–Crippen MR) is 52.6 cm³/mol. The minimum atomic E-state index is -0.995. The largest absolute Gasteiger partial charge is 0.394 e. The van der Waals surface area contributed by atoms with Crippen LogP contribution in [0.3, 0.4) is 0 Å². The van der Waals surface area contributed by atoms with Crippen LogP contribution in [0.4, 0.5) is 0 Å². The minimum Gasteiger partial charge on any atom is -0.394 e. The van der Waals surface area contributed by atoms with E-state index in [2.05, 4.69) is 0 Å². The second-order valence-electron chi connectivity index (χ2n) is 4.52. The molecule has 6 nitrogen and oxygen atoms in total. The molecule has 0 aromatic rings. The number of hydrogen-bond donors (Lipinski definition) is 2. The van der Waals surface area contributed by atoms with Gasteiger partial charge in [0, 0.05) is 7.11 Å². The number of hydrogen-bond acceptors (Lipinski definition) is 6. The van der Waals surface area contributed by atoms with Crippen LogP contribution in [0.15, 0.2) is 0 Å². The van der Waals surface area contributed by atoms with Gasteiger partial charge in [-0.2, -0.15) is 0 Å². The number of methoxy groups -OCH3 is 1. The van der Waals surface area contributed by atoms with E-state index in [-0.39, 0.29) is 12.7 Å². The molecule has 0 amide bonds. The van der Waals surface area contributed by atoms with Crippen molar-refractivity contribution in [2.45, 2.75) is 50.3 Å². The van der Waals surface area contributed by atoms with Crippen molar-refractivity contribution in [1.82, 2.24) is 0 Å². The highest BCUT2D eigenvalue weighted by Gasteiger charge is 2.56. The summed E-state index contributed by atoms with van der Waals surface area (Å²) in [6.45, 7) is 3.20. The molecule has 6 heteroatoms. The molecule has 0 bridgehead atoms. The summed E-state index contributed by atoms with van der Waals surface area (Å²) in [5.74, 6) is -0.707. The van der Waals surface area contributed by atoms with Gasteiger partial charge in [-0.25, -0.2) is 0 Å². The summed E-state index contributed by atoms with van der Waals surface area (Å²) in [6.07, 6.45) is -2.97. The van der Waals surface area contributed by atoms with Gasteiger partial charge in [0.05, 0.1) is 6.61 Å². The molecule has 0 aliphatic carbocycles. The molecule has 5 atom stereocenters. The summed E-state index contributed by atoms with van der Waals surface area (Å²) in [7, 11) is 1.52. The zero-order valence-electron chi connectivity index (χ0n) is 9.62. The number of aliphatic hydroxyl groups is 2. The van der Waals surface area contributed by atoms with Gasteiger partial charge in [-0.05, 0) is 13.8 Å². The molecule has 2 N–H and O–H groups in total. The van der Waals surface area contributed by atoms with Crippen LogP contribution < -0.4 is 0 Å². The van der Waals surface area contributed by atoms with Crippen molar-refractivity contribution in [1.29, 1.82) is 0 Å². The maximum Gasteiger partial charge on any atom is 0.190 e. The Balaban J connectivity index is 2.09. The first-order valence-electron chi connectivity index (χ1n) is 5.31. The van der Waals surface area contributed by atoms with Crippen molar-refractivity contribution in [2.75, 3.05) is 13.7 Å². The molecule has 0 saturated carbocycles. The van der Waals surface area contributed by atoms with Crippen molar-refractivity contribution < 1.29 is 29.2 Å². The molecule has 0 aromatic carbocycles. The Morgan fingerprint density at radius 3 is 2.62 bits per heavy atom. The molecule has 1 unspecified atom stereocenters. The molecule has 94 valence electrons. The lowest BCUT2D eigenvalue weighted by Gasteiger charge is -2.26. The van der Waals surface area contributed by atoms with E-state index < -0.39 is 30.4 Å². The number of ether oxygens (including phenoxy) is 4. The molecule has 2 aliphatic heterocycles. The van der Waals surface area contributed by atoms with Gasteiger partial charge < -0.3 is 29.2 Å². The monoisotopic (exact) mass is 234 g/mol. The molecular formula is C10H18O6. The third kappa shape index (κ3) is 1.97. The summed E-state index contributed by atoms with van der Waals surface area (Å²) in [5, 5.41) is 18.5. The molecule has 2 rings (SSSR count). The summed E-state index contributed by atoms with van der Waals surface area (Å²) in [4.78, 5) is 0. The Morgan fingerprint density at radius 2 is 2.06 bits per heavy atom. The summed E-state index contributed by atoms with van der Waals surface area (Å²) in [5.41, 5.74) is 0. The first kappa shape index (κ1) is 12.2. The zero-order chi connectivity index (χ0) is 11.9. The normalized spacial score (nSPS) is 43.3. The zero-order valence-corrected chi connectivity index (χ0v) is 9.62. The van der Waals surface area contributed by atoms with E-state index in [0.717, 1.165) is 0 Å². The lowest BCUT2D eigenvalue weighted by Crippen LogP contribution is -2.43. The smallest absolute Gasteiger partial charge is 0.190 e. The van der Waals surface area contributed by atoms with Crippen LogP contribution in [-0.2, 0) is 18.9 Å². The SMILES string of the molecule is CO[C@H]1[C@@H]2OC(C)(C)O[C@@H]2O[C@H]1C(O)CO. The van der Waals surface area contributed by atoms with Gasteiger partial charge in [0.2, 0.25) is 0 Å². The van der Waals surface area contributed by atoms with Crippen molar-refractivity contribution in [3.8, 4) is 0 Å². The first-order chi connectivity index (χ1) is 7.48. The molecule has 16 heavy (non-hydrogen) atoms. The van der Waals surface area contributed by atoms with Crippen LogP contribution in [0.25, 0.3) is 0 Å². The van der Waals surface area contributed by atoms with Crippen molar-refractivity contribution >= 4 is 0 Å². The summed E-state index contributed by atoms with van der Waals surface area (Å²) >= 11 is 0. The first-order valence-corrected chi connectivity index (χ1v) is 5.31. The van der Waals surface area contributed by atoms with Gasteiger partial charge in [0.25, 0.3) is 0 Å². The second-order valence-corrected chi connectivity index (χ2v) is 4.52. The number of fused-ring (bicyclic) bond motifs is 1. The van der Waals surface area contributed by atoms with Crippen LogP contribution in [0.1, 0.15) is 13.8 Å². The fourth-order valence-electron chi connectivity index (χ4n) is 2.19. The highest BCUT2D eigenvalue weighted by Crippen LogP contribution is 2.39. The van der Waals surface area contributed by atoms with E-state index in [1.165, 1.54) is 7.11 Å². The van der Waals surface area contributed by atoms with E-state index in [0.29, 0.717) is 0 Å². The van der Waals surface area contributed by atoms with Crippen molar-refractivity contribution in [2.24, 2.45) is 0 Å². The Labute approximate surface area is 94.1 Å². The van der Waals surface area contributed by atoms with Gasteiger partial charge in [0.1, 0.15) is 24.4 Å². The average molecular weight is 234 g/mol. The standard InChI is InChI=1S/C10H18O6/c1-10(2)15-8-7(13-3)6(5(12)4-11)14-9(8)16-10/h5-9,11-12H,4H2,1-3H3/t5?,6-,7+,8-,9-/m0/s1. The van der Waals surface area contributed by atoms with Crippen LogP contribution in [0.5, 0.6) is 0 Å². The van der Waals surface area contributed by atoms with E-state index in [1.54, 1.807) is 13.8 Å². The molecule has 0 aromatic heterocycles. The Kier molecular flexibility index (Phi) is 3.22. The van der Waals surface area contributed by atoms with E-state index >= 15 is 0 Å². The summed E-state index contributed by atoms with van der Waals surface area (Å²) in [6, 6.07) is 0. The Morgan fingerprint density at radius 1 is 1.38 bits per heavy atom. The molecule has 0 spiro atoms. The lowest BCUT2D eigenvalue weighted by molar-refractivity contribution is -0.229. The molecule has 2 saturated heterocycles. The lowest BCUT2D eigenvalue weighted by atomic mass is 10.1. The van der Waals surface area contributed by atoms with E-state index in [1.807, 2.05) is 0 Å². The highest BCUT2D eigenvalue weighted by molar-refractivity contribution is 4.96. The number of rotatable bonds is 3. The van der Waals surface area contributed by atoms with Gasteiger partial charge in [-0.15, -0.1) is 0 Å². The maximum atomic E-state index is 9.58. The van der Waals surface area contributed by atoms with Crippen LogP contribution in [-0.4, -0.2) is 60.4 Å². The topological polar surface area (TPSA) is 77.4 Å². The molecule has 2 fully saturated rings. The van der Waals surface area contributed by atoms with E-state index in [4.69, 9.17) is 24.1 Å². The second kappa shape index (κ2) is 4.21. The molecule has 2 aliphatic rings. The average Bonchev–Trinajstić information content (AvgIpc) is 2.68. The Hall–Kier alpha value is -0.240. The van der Waals surface area contributed by atoms with Crippen LogP contribution >= 0.6 is 0 Å². The third-order valence-corrected chi connectivity index (χ3v) is 2.87. The van der Waals surface area contributed by atoms with E-state index in [9.17, 15) is 5.11 Å². The van der Waals surface area contributed by atoms with Gasteiger partial charge in [0.15, 0.2) is 12.1 Å². The van der Waals surface area contributed by atoms with Gasteiger partial charge in [-0.3, -0.25) is 0 Å². The van der Waals surface area contributed by atoms with Crippen LogP contribution in [0.2, 0.25) is 0 Å². The third-order valence-electron chi connectivity index (χ3n) is 2.87. The minimum absolute atomic E-state index is 0.369. The quantitative estimate of drug-likeness (QED) is 0.668. The molecular weight excluding hydrogens is 216 g/mol. The fraction of sp³-hybridized carbons (Fsp3) is 1.00. The Bertz CT molecular complexity index is 256. The maximum absolute atomic E-state index is 9.58. The predicted octanol–water partition coefficient (Wildman–Crippen LogP) is -0.769.